The van der Waals surface area contributed by atoms with Crippen LogP contribution in [0.25, 0.3) is 0 Å². The standard InChI is InChI=1S/C71H107N7O14S/c1-10-27-78(28-11-2)29-17-16-19-53(76-68(84)62(41(4)5)77-60(81)20-15-13-14-18-45-37-74-69(93)75-38-45)67(83)73-40-61(82)72-39-47(80)34-57-51(12-3)52-33-46(79)32-49-22-24-55-63(87-49)64-66-70(9,90-55)65-59(89-66)36-71(91-64,92-65)26-25-50-31-43(7)54(85-50)23-21-48-30-42(6)44(8)56(86-48)35-58(52)88-57/h37-38,41-42,47-59,62-66,80H,7-8,10-13,15-17,19-36,39-40H2,1-6,9H3,(H,72,82)(H,73,83)(H,76,84)(H,77,81)(H,74,75,93)/t42-,47+,48+,49-,50+,51-,52-,53+,54?,55+,56-,57-,58+,59?,62+,63+,64+,65+,66+,70+,71-/m1/s1. The molecular weight excluding hydrogens is 1210 g/mol. The van der Waals surface area contributed by atoms with Gasteiger partial charge in [-0.2, -0.15) is 0 Å². The third-order valence-corrected chi connectivity index (χ3v) is 21.6. The van der Waals surface area contributed by atoms with Crippen molar-refractivity contribution in [3.8, 4) is 11.8 Å². The predicted molar refractivity (Wildman–Crippen MR) is 351 cm³/mol. The van der Waals surface area contributed by atoms with Gasteiger partial charge in [0.15, 0.2) is 10.6 Å². The number of amides is 4. The fraction of sp³-hybridized carbons (Fsp3) is 0.789. The lowest BCUT2D eigenvalue weighted by atomic mass is 9.77. The molecule has 10 saturated heterocycles. The van der Waals surface area contributed by atoms with Crippen LogP contribution in [0.1, 0.15) is 195 Å². The Balaban J connectivity index is 0.766. The van der Waals surface area contributed by atoms with Crippen molar-refractivity contribution in [2.24, 2.45) is 23.7 Å². The molecule has 21 atom stereocenters. The van der Waals surface area contributed by atoms with Crippen LogP contribution in [0.3, 0.4) is 0 Å². The number of Topliss-reactive ketones (excluding diaryl/α,β-unsaturated/α-hetero) is 1. The molecule has 0 aliphatic carbocycles. The van der Waals surface area contributed by atoms with E-state index in [0.29, 0.717) is 74.5 Å². The van der Waals surface area contributed by atoms with Gasteiger partial charge in [-0.25, -0.2) is 4.98 Å². The normalized spacial score (nSPS) is 35.7. The van der Waals surface area contributed by atoms with Gasteiger partial charge >= 0.3 is 0 Å². The van der Waals surface area contributed by atoms with E-state index in [1.54, 1.807) is 12.4 Å². The second-order valence-electron chi connectivity index (χ2n) is 28.8. The van der Waals surface area contributed by atoms with Gasteiger partial charge in [0.25, 0.3) is 0 Å². The number of aliphatic hydroxyl groups excluding tert-OH is 1. The van der Waals surface area contributed by atoms with Crippen molar-refractivity contribution in [2.75, 3.05) is 32.7 Å². The summed E-state index contributed by atoms with van der Waals surface area (Å²) in [6.07, 6.45) is 12.0. The topological polar surface area (TPSA) is 259 Å². The highest BCUT2D eigenvalue weighted by atomic mass is 32.1. The minimum Gasteiger partial charge on any atom is -0.391 e. The molecule has 11 heterocycles. The molecule has 10 aliphatic rings. The number of aromatic nitrogens is 2. The SMILES string of the molecule is C=C1C[C@@H]2CC[C@@]34CC5O[C@H]6[C@@H](O3)[C@H]3O[C@H](CC[C@@H]3O[C@@]6(C)[C@H]5O4)CC(=O)C[C@@H]3[C@@H](CC)[C@@H](C[C@H](O)CNC(=O)CNC(=O)[C@H](CCCCN(CCC)CCC)NC(=O)[C@@H](NC(=O)CCCC#Cc4cnc(=S)[nH]c4)C(C)C)O[C@H]3C[C@H]3O[C@@H](CCC1O2)C[C@@H](C)C3=C. The Kier molecular flexibility index (Phi) is 24.7. The summed E-state index contributed by atoms with van der Waals surface area (Å²) < 4.78 is 56.0. The first-order chi connectivity index (χ1) is 44.6. The van der Waals surface area contributed by atoms with E-state index in [4.69, 9.17) is 50.1 Å². The Bertz CT molecular complexity index is 2890. The Morgan fingerprint density at radius 2 is 1.59 bits per heavy atom. The molecule has 1 spiro atoms. The molecule has 1 aromatic rings. The summed E-state index contributed by atoms with van der Waals surface area (Å²) >= 11 is 5.00. The lowest BCUT2D eigenvalue weighted by molar-refractivity contribution is -0.301. The van der Waals surface area contributed by atoms with E-state index in [2.05, 4.69) is 95.8 Å². The van der Waals surface area contributed by atoms with Crippen molar-refractivity contribution < 1.29 is 67.0 Å². The quantitative estimate of drug-likeness (QED) is 0.0251. The molecule has 1 aromatic heterocycles. The Labute approximate surface area is 556 Å². The predicted octanol–water partition coefficient (Wildman–Crippen LogP) is 7.71. The molecule has 93 heavy (non-hydrogen) atoms. The van der Waals surface area contributed by atoms with Gasteiger partial charge in [0.05, 0.1) is 73.1 Å². The molecule has 10 aliphatic heterocycles. The highest BCUT2D eigenvalue weighted by Crippen LogP contribution is 2.58. The number of nitrogens with zero attached hydrogens (tertiary/aromatic N) is 2. The first kappa shape index (κ1) is 71.3. The number of ether oxygens (including phenoxy) is 8. The maximum atomic E-state index is 14.7. The number of carbonyl (C=O) groups is 5. The molecule has 10 fully saturated rings. The van der Waals surface area contributed by atoms with Gasteiger partial charge < -0.3 is 74.2 Å². The van der Waals surface area contributed by atoms with E-state index in [-0.39, 0.29) is 129 Å². The molecule has 0 aromatic carbocycles. The third-order valence-electron chi connectivity index (χ3n) is 21.4. The Hall–Kier alpha value is -4.51. The second-order valence-corrected chi connectivity index (χ2v) is 29.2. The van der Waals surface area contributed by atoms with Crippen molar-refractivity contribution in [3.63, 3.8) is 0 Å². The molecule has 4 amide bonds. The Morgan fingerprint density at radius 3 is 2.34 bits per heavy atom. The van der Waals surface area contributed by atoms with Crippen LogP contribution in [-0.2, 0) is 61.9 Å². The van der Waals surface area contributed by atoms with Gasteiger partial charge in [0.2, 0.25) is 23.6 Å². The van der Waals surface area contributed by atoms with Crippen LogP contribution >= 0.6 is 12.2 Å². The maximum Gasteiger partial charge on any atom is 0.243 e. The highest BCUT2D eigenvalue weighted by molar-refractivity contribution is 7.71. The van der Waals surface area contributed by atoms with Gasteiger partial charge in [-0.1, -0.05) is 73.0 Å². The summed E-state index contributed by atoms with van der Waals surface area (Å²) in [7, 11) is 0. The summed E-state index contributed by atoms with van der Waals surface area (Å²) in [5.41, 5.74) is 2.10. The average Bonchev–Trinajstić information content (AvgIpc) is 1.53. The molecule has 0 saturated carbocycles. The summed E-state index contributed by atoms with van der Waals surface area (Å²) in [6.45, 7) is 25.7. The zero-order valence-corrected chi connectivity index (χ0v) is 57.1. The molecule has 11 rings (SSSR count). The number of rotatable bonds is 24. The first-order valence-corrected chi connectivity index (χ1v) is 35.8. The van der Waals surface area contributed by atoms with Crippen molar-refractivity contribution in [2.45, 2.75) is 299 Å². The molecule has 22 heteroatoms. The average molecular weight is 1310 g/mol. The second kappa shape index (κ2) is 32.2. The number of H-pyrrole nitrogens is 1. The van der Waals surface area contributed by atoms with Crippen molar-refractivity contribution in [1.29, 1.82) is 0 Å². The smallest absolute Gasteiger partial charge is 0.243 e. The zero-order chi connectivity index (χ0) is 66.1. The number of fused-ring (bicyclic) bond motifs is 6. The van der Waals surface area contributed by atoms with E-state index < -0.39 is 72.2 Å². The maximum absolute atomic E-state index is 14.7. The molecule has 0 radical (unpaired) electrons. The van der Waals surface area contributed by atoms with Gasteiger partial charge in [-0.15, -0.1) is 0 Å². The van der Waals surface area contributed by atoms with Crippen LogP contribution < -0.4 is 21.3 Å². The van der Waals surface area contributed by atoms with Crippen molar-refractivity contribution >= 4 is 41.6 Å². The Morgan fingerprint density at radius 1 is 0.817 bits per heavy atom. The lowest BCUT2D eigenvalue weighted by Gasteiger charge is -2.51. The largest absolute Gasteiger partial charge is 0.391 e. The van der Waals surface area contributed by atoms with Crippen LogP contribution in [0.2, 0.25) is 0 Å². The van der Waals surface area contributed by atoms with Crippen LogP contribution in [-0.4, -0.2) is 191 Å². The van der Waals surface area contributed by atoms with E-state index in [0.717, 1.165) is 82.1 Å². The van der Waals surface area contributed by atoms with E-state index >= 15 is 0 Å². The first-order valence-electron chi connectivity index (χ1n) is 35.4. The lowest BCUT2D eigenvalue weighted by Crippen LogP contribution is -2.66. The molecule has 2 unspecified atom stereocenters. The highest BCUT2D eigenvalue weighted by Gasteiger charge is 2.73. The third kappa shape index (κ3) is 17.6. The van der Waals surface area contributed by atoms with Crippen LogP contribution in [0.5, 0.6) is 0 Å². The number of aromatic amines is 1. The van der Waals surface area contributed by atoms with E-state index in [9.17, 15) is 29.1 Å². The monoisotopic (exact) mass is 1310 g/mol. The number of nitrogens with one attached hydrogen (secondary N) is 5. The number of carbonyl (C=O) groups excluding carboxylic acids is 5. The molecule has 516 valence electrons. The minimum atomic E-state index is -1.02. The van der Waals surface area contributed by atoms with Gasteiger partial charge in [0.1, 0.15) is 47.9 Å². The number of aliphatic hydroxyl groups is 1. The van der Waals surface area contributed by atoms with Crippen LogP contribution in [0, 0.1) is 40.3 Å². The summed E-state index contributed by atoms with van der Waals surface area (Å²) in [6, 6.07) is -1.90. The van der Waals surface area contributed by atoms with E-state index in [1.165, 1.54) is 0 Å². The van der Waals surface area contributed by atoms with Gasteiger partial charge in [-0.05, 0) is 157 Å². The molecule has 12 bridgehead atoms. The minimum absolute atomic E-state index is 0.0155. The summed E-state index contributed by atoms with van der Waals surface area (Å²) in [5, 5.41) is 23.1. The number of hydrogen-bond acceptors (Lipinski definition) is 17. The fourth-order valence-corrected chi connectivity index (χ4v) is 16.6. The van der Waals surface area contributed by atoms with Crippen molar-refractivity contribution in [3.05, 3.63) is 47.0 Å². The van der Waals surface area contributed by atoms with Crippen LogP contribution in [0.15, 0.2) is 36.7 Å². The molecule has 21 nitrogen and oxygen atoms in total. The zero-order valence-electron chi connectivity index (χ0n) is 56.3. The number of hydrogen-bond donors (Lipinski definition) is 6. The molecular formula is C71H107N7O14S. The fourth-order valence-electron chi connectivity index (χ4n) is 16.5. The number of unbranched alkanes of at least 4 members (excludes halogenated alkanes) is 2. The molecule has 6 N–H and O–H groups in total. The number of ketones is 1. The van der Waals surface area contributed by atoms with Crippen molar-refractivity contribution in [1.82, 2.24) is 36.1 Å². The van der Waals surface area contributed by atoms with Gasteiger partial charge in [0, 0.05) is 70.3 Å². The van der Waals surface area contributed by atoms with Crippen LogP contribution in [0.4, 0.5) is 0 Å². The van der Waals surface area contributed by atoms with Gasteiger partial charge in [-0.3, -0.25) is 24.0 Å². The summed E-state index contributed by atoms with van der Waals surface area (Å²) in [4.78, 5) is 78.8. The van der Waals surface area contributed by atoms with E-state index in [1.807, 2.05) is 13.8 Å². The summed E-state index contributed by atoms with van der Waals surface area (Å²) in [5.74, 6) is 3.01.